The summed E-state index contributed by atoms with van der Waals surface area (Å²) in [6, 6.07) is 14.5. The Kier molecular flexibility index (Phi) is 6.25. The highest BCUT2D eigenvalue weighted by molar-refractivity contribution is 7.80. The minimum Gasteiger partial charge on any atom is -0.478 e. The molecular weight excluding hydrogens is 424 g/mol. The summed E-state index contributed by atoms with van der Waals surface area (Å²) in [6.07, 6.45) is 1.78. The fourth-order valence-corrected chi connectivity index (χ4v) is 4.32. The summed E-state index contributed by atoms with van der Waals surface area (Å²) in [6.45, 7) is 3.47. The van der Waals surface area contributed by atoms with Crippen molar-refractivity contribution in [3.05, 3.63) is 77.3 Å². The number of nitrogens with zero attached hydrogens (tertiary/aromatic N) is 3. The highest BCUT2D eigenvalue weighted by Gasteiger charge is 2.41. The van der Waals surface area contributed by atoms with E-state index in [1.165, 1.54) is 0 Å². The summed E-state index contributed by atoms with van der Waals surface area (Å²) in [5, 5.41) is 13.3. The Morgan fingerprint density at radius 1 is 1.25 bits per heavy atom. The minimum absolute atomic E-state index is 0.139. The second-order valence-electron chi connectivity index (χ2n) is 8.16. The third-order valence-electron chi connectivity index (χ3n) is 5.64. The van der Waals surface area contributed by atoms with Crippen LogP contribution in [-0.4, -0.2) is 58.2 Å². The lowest BCUT2D eigenvalue weighted by atomic mass is 10.0. The number of hydrogen-bond acceptors (Lipinski definition) is 5. The molecule has 0 aliphatic carbocycles. The fourth-order valence-electron chi connectivity index (χ4n) is 3.99. The summed E-state index contributed by atoms with van der Waals surface area (Å²) < 4.78 is 6.34. The van der Waals surface area contributed by atoms with Crippen molar-refractivity contribution in [1.82, 2.24) is 20.1 Å². The van der Waals surface area contributed by atoms with E-state index >= 15 is 0 Å². The first-order valence-corrected chi connectivity index (χ1v) is 10.8. The van der Waals surface area contributed by atoms with Crippen molar-refractivity contribution in [2.75, 3.05) is 27.2 Å². The predicted octanol–water partition coefficient (Wildman–Crippen LogP) is 3.88. The van der Waals surface area contributed by atoms with E-state index in [1.54, 1.807) is 24.4 Å². The maximum atomic E-state index is 11.3. The van der Waals surface area contributed by atoms with Gasteiger partial charge in [-0.2, -0.15) is 0 Å². The van der Waals surface area contributed by atoms with E-state index in [2.05, 4.69) is 20.1 Å². The molecule has 0 amide bonds. The number of aromatic nitrogens is 1. The number of hydrogen-bond donors (Lipinski definition) is 2. The Morgan fingerprint density at radius 2 is 2.06 bits per heavy atom. The maximum Gasteiger partial charge on any atom is 0.335 e. The number of benzene rings is 1. The van der Waals surface area contributed by atoms with Crippen LogP contribution in [0, 0.1) is 6.92 Å². The van der Waals surface area contributed by atoms with Crippen molar-refractivity contribution in [3.63, 3.8) is 0 Å². The van der Waals surface area contributed by atoms with Crippen LogP contribution in [0.15, 0.2) is 59.1 Å². The summed E-state index contributed by atoms with van der Waals surface area (Å²) >= 11 is 5.68. The molecule has 1 fully saturated rings. The molecule has 2 aromatic heterocycles. The minimum atomic E-state index is -0.944. The van der Waals surface area contributed by atoms with Crippen LogP contribution in [0.5, 0.6) is 0 Å². The molecule has 2 atom stereocenters. The SMILES string of the molecule is Cc1cc(C(=O)O)ccc1-c1ccc([C@H]2[C@H](c3ccccn3)NC(=S)N2CCN(C)C)o1. The number of likely N-dealkylation sites (N-methyl/N-ethyl adjacent to an activating group) is 1. The Hall–Kier alpha value is -3.23. The molecule has 1 aliphatic rings. The fraction of sp³-hybridized carbons (Fsp3) is 0.292. The molecule has 2 N–H and O–H groups in total. The van der Waals surface area contributed by atoms with Crippen molar-refractivity contribution >= 4 is 23.3 Å². The maximum absolute atomic E-state index is 11.3. The van der Waals surface area contributed by atoms with E-state index in [4.69, 9.17) is 16.6 Å². The molecule has 4 rings (SSSR count). The third-order valence-corrected chi connectivity index (χ3v) is 6.00. The van der Waals surface area contributed by atoms with Gasteiger partial charge in [0.2, 0.25) is 0 Å². The molecule has 0 unspecified atom stereocenters. The van der Waals surface area contributed by atoms with E-state index in [0.29, 0.717) is 10.9 Å². The number of rotatable bonds is 7. The molecule has 3 aromatic rings. The second kappa shape index (κ2) is 9.10. The normalized spacial score (nSPS) is 18.2. The Bertz CT molecular complexity index is 1130. The van der Waals surface area contributed by atoms with E-state index in [-0.39, 0.29) is 17.6 Å². The van der Waals surface area contributed by atoms with Crippen molar-refractivity contribution in [2.24, 2.45) is 0 Å². The highest BCUT2D eigenvalue weighted by Crippen LogP contribution is 2.40. The zero-order valence-corrected chi connectivity index (χ0v) is 19.1. The molecule has 3 heterocycles. The molecule has 1 saturated heterocycles. The van der Waals surface area contributed by atoms with Crippen molar-refractivity contribution in [2.45, 2.75) is 19.0 Å². The number of carboxylic acids is 1. The molecular formula is C24H26N4O3S. The van der Waals surface area contributed by atoms with Crippen molar-refractivity contribution in [1.29, 1.82) is 0 Å². The number of thiocarbonyl (C=S) groups is 1. The van der Waals surface area contributed by atoms with Crippen LogP contribution >= 0.6 is 12.2 Å². The number of carbonyl (C=O) groups is 1. The second-order valence-corrected chi connectivity index (χ2v) is 8.55. The van der Waals surface area contributed by atoms with Crippen LogP contribution in [0.25, 0.3) is 11.3 Å². The van der Waals surface area contributed by atoms with E-state index in [1.807, 2.05) is 51.4 Å². The standard InChI is InChI=1S/C24H26N4O3S/c1-15-14-16(23(29)30)7-8-17(15)19-9-10-20(31-19)22-21(18-6-4-5-11-25-18)26-24(32)28(22)13-12-27(2)3/h4-11,14,21-22H,12-13H2,1-3H3,(H,26,32)(H,29,30)/t21-,22-/m0/s1. The Balaban J connectivity index is 1.70. The van der Waals surface area contributed by atoms with Gasteiger partial charge in [0.25, 0.3) is 0 Å². The average Bonchev–Trinajstić information content (AvgIpc) is 3.37. The lowest BCUT2D eigenvalue weighted by molar-refractivity contribution is 0.0697. The first-order valence-electron chi connectivity index (χ1n) is 10.4. The van der Waals surface area contributed by atoms with Gasteiger partial charge in [-0.15, -0.1) is 0 Å². The lowest BCUT2D eigenvalue weighted by Gasteiger charge is -2.27. The number of aryl methyl sites for hydroxylation is 1. The Labute approximate surface area is 192 Å². The van der Waals surface area contributed by atoms with Gasteiger partial charge in [0.1, 0.15) is 17.6 Å². The summed E-state index contributed by atoms with van der Waals surface area (Å²) in [4.78, 5) is 20.1. The predicted molar refractivity (Wildman–Crippen MR) is 127 cm³/mol. The zero-order chi connectivity index (χ0) is 22.8. The molecule has 32 heavy (non-hydrogen) atoms. The first-order chi connectivity index (χ1) is 15.3. The molecule has 0 spiro atoms. The van der Waals surface area contributed by atoms with Gasteiger partial charge in [0.05, 0.1) is 17.3 Å². The van der Waals surface area contributed by atoms with Gasteiger partial charge in [-0.3, -0.25) is 4.98 Å². The molecule has 166 valence electrons. The van der Waals surface area contributed by atoms with Gasteiger partial charge < -0.3 is 24.6 Å². The third kappa shape index (κ3) is 4.37. The quantitative estimate of drug-likeness (QED) is 0.525. The van der Waals surface area contributed by atoms with Gasteiger partial charge in [0, 0.05) is 24.8 Å². The number of carboxylic acid groups (broad SMARTS) is 1. The summed E-state index contributed by atoms with van der Waals surface area (Å²) in [5.74, 6) is 0.531. The van der Waals surface area contributed by atoms with Gasteiger partial charge in [-0.25, -0.2) is 4.79 Å². The van der Waals surface area contributed by atoms with Gasteiger partial charge in [-0.1, -0.05) is 12.1 Å². The van der Waals surface area contributed by atoms with Crippen LogP contribution in [0.2, 0.25) is 0 Å². The van der Waals surface area contributed by atoms with Gasteiger partial charge in [0.15, 0.2) is 5.11 Å². The van der Waals surface area contributed by atoms with Crippen molar-refractivity contribution < 1.29 is 14.3 Å². The van der Waals surface area contributed by atoms with Crippen LogP contribution in [0.3, 0.4) is 0 Å². The summed E-state index contributed by atoms with van der Waals surface area (Å²) in [5.41, 5.74) is 2.86. The molecule has 1 aromatic carbocycles. The van der Waals surface area contributed by atoms with E-state index in [9.17, 15) is 9.90 Å². The van der Waals surface area contributed by atoms with Crippen LogP contribution in [0.4, 0.5) is 0 Å². The monoisotopic (exact) mass is 450 g/mol. The van der Waals surface area contributed by atoms with Crippen molar-refractivity contribution in [3.8, 4) is 11.3 Å². The Morgan fingerprint density at radius 3 is 2.72 bits per heavy atom. The molecule has 0 radical (unpaired) electrons. The number of pyridine rings is 1. The first kappa shape index (κ1) is 22.0. The highest BCUT2D eigenvalue weighted by atomic mass is 32.1. The molecule has 1 aliphatic heterocycles. The zero-order valence-electron chi connectivity index (χ0n) is 18.3. The lowest BCUT2D eigenvalue weighted by Crippen LogP contribution is -2.35. The van der Waals surface area contributed by atoms with Gasteiger partial charge >= 0.3 is 5.97 Å². The molecule has 0 bridgehead atoms. The topological polar surface area (TPSA) is 81.8 Å². The molecule has 7 nitrogen and oxygen atoms in total. The number of furan rings is 1. The van der Waals surface area contributed by atoms with Crippen LogP contribution in [0.1, 0.15) is 39.5 Å². The summed E-state index contributed by atoms with van der Waals surface area (Å²) in [7, 11) is 4.07. The van der Waals surface area contributed by atoms with E-state index < -0.39 is 5.97 Å². The average molecular weight is 451 g/mol. The molecule has 8 heteroatoms. The molecule has 0 saturated carbocycles. The largest absolute Gasteiger partial charge is 0.478 e. The van der Waals surface area contributed by atoms with Crippen LogP contribution < -0.4 is 5.32 Å². The smallest absolute Gasteiger partial charge is 0.335 e. The number of aromatic carboxylic acids is 1. The number of nitrogens with one attached hydrogen (secondary N) is 1. The van der Waals surface area contributed by atoms with E-state index in [0.717, 1.165) is 35.7 Å². The van der Waals surface area contributed by atoms with Gasteiger partial charge in [-0.05, 0) is 75.2 Å². The van der Waals surface area contributed by atoms with Crippen LogP contribution in [-0.2, 0) is 0 Å².